The fourth-order valence-corrected chi connectivity index (χ4v) is 4.64. The zero-order valence-electron chi connectivity index (χ0n) is 14.3. The molecule has 2 aromatic rings. The molecule has 138 valence electrons. The Morgan fingerprint density at radius 1 is 0.923 bits per heavy atom. The van der Waals surface area contributed by atoms with Crippen LogP contribution in [0.3, 0.4) is 0 Å². The van der Waals surface area contributed by atoms with E-state index < -0.39 is 16.0 Å². The van der Waals surface area contributed by atoms with E-state index in [9.17, 15) is 18.3 Å². The van der Waals surface area contributed by atoms with E-state index in [1.54, 1.807) is 48.5 Å². The monoisotopic (exact) mass is 374 g/mol. The lowest BCUT2D eigenvalue weighted by atomic mass is 9.90. The summed E-state index contributed by atoms with van der Waals surface area (Å²) in [6, 6.07) is 14.5. The molecule has 0 heterocycles. The lowest BCUT2D eigenvalue weighted by Crippen LogP contribution is -2.48. The number of hydrogen-bond acceptors (Lipinski definition) is 4. The molecule has 1 aliphatic rings. The molecule has 3 N–H and O–H groups in total. The molecular formula is C19H22N2O4S. The minimum atomic E-state index is -3.62. The molecule has 2 atom stereocenters. The summed E-state index contributed by atoms with van der Waals surface area (Å²) >= 11 is 0. The standard InChI is InChI=1S/C19H22N2O4S/c22-19(23)15-10-4-5-11-16(15)20-17-12-6-7-13-18(17)21-26(24,25)14-8-2-1-3-9-14/h1-5,8-11,17-18,20-21H,6-7,12-13H2,(H,22,23). The van der Waals surface area contributed by atoms with Crippen molar-refractivity contribution in [3.05, 3.63) is 60.2 Å². The van der Waals surface area contributed by atoms with Gasteiger partial charge in [-0.25, -0.2) is 17.9 Å². The summed E-state index contributed by atoms with van der Waals surface area (Å²) in [5.74, 6) is -1.01. The van der Waals surface area contributed by atoms with Crippen LogP contribution in [0.25, 0.3) is 0 Å². The van der Waals surface area contributed by atoms with Gasteiger partial charge in [-0.1, -0.05) is 43.2 Å². The molecule has 1 saturated carbocycles. The Kier molecular flexibility index (Phi) is 5.58. The fourth-order valence-electron chi connectivity index (χ4n) is 3.31. The van der Waals surface area contributed by atoms with Gasteiger partial charge in [0.25, 0.3) is 0 Å². The normalized spacial score (nSPS) is 20.5. The Morgan fingerprint density at radius 2 is 1.54 bits per heavy atom. The van der Waals surface area contributed by atoms with E-state index in [-0.39, 0.29) is 22.5 Å². The second-order valence-electron chi connectivity index (χ2n) is 6.43. The Bertz CT molecular complexity index is 868. The number of carbonyl (C=O) groups is 1. The van der Waals surface area contributed by atoms with Gasteiger partial charge in [-0.3, -0.25) is 0 Å². The minimum Gasteiger partial charge on any atom is -0.478 e. The van der Waals surface area contributed by atoms with Crippen LogP contribution in [0.15, 0.2) is 59.5 Å². The smallest absolute Gasteiger partial charge is 0.337 e. The highest BCUT2D eigenvalue weighted by molar-refractivity contribution is 7.89. The van der Waals surface area contributed by atoms with Gasteiger partial charge in [0.2, 0.25) is 10.0 Å². The molecule has 0 aliphatic heterocycles. The Labute approximate surface area is 153 Å². The van der Waals surface area contributed by atoms with E-state index in [0.29, 0.717) is 12.1 Å². The number of anilines is 1. The van der Waals surface area contributed by atoms with Crippen molar-refractivity contribution in [2.24, 2.45) is 0 Å². The summed E-state index contributed by atoms with van der Waals surface area (Å²) in [4.78, 5) is 11.6. The van der Waals surface area contributed by atoms with E-state index in [1.165, 1.54) is 6.07 Å². The molecule has 2 unspecified atom stereocenters. The van der Waals surface area contributed by atoms with Crippen LogP contribution in [0.2, 0.25) is 0 Å². The second kappa shape index (κ2) is 7.88. The number of rotatable bonds is 6. The van der Waals surface area contributed by atoms with Crippen molar-refractivity contribution >= 4 is 21.7 Å². The molecule has 0 radical (unpaired) electrons. The molecule has 0 amide bonds. The summed E-state index contributed by atoms with van der Waals surface area (Å²) in [5, 5.41) is 12.6. The van der Waals surface area contributed by atoms with Crippen molar-refractivity contribution in [2.45, 2.75) is 42.7 Å². The highest BCUT2D eigenvalue weighted by atomic mass is 32.2. The summed E-state index contributed by atoms with van der Waals surface area (Å²) in [6.45, 7) is 0. The maximum Gasteiger partial charge on any atom is 0.337 e. The van der Waals surface area contributed by atoms with Crippen LogP contribution in [0.5, 0.6) is 0 Å². The van der Waals surface area contributed by atoms with Crippen LogP contribution in [0.1, 0.15) is 36.0 Å². The third-order valence-electron chi connectivity index (χ3n) is 4.62. The molecular weight excluding hydrogens is 352 g/mol. The second-order valence-corrected chi connectivity index (χ2v) is 8.14. The summed E-state index contributed by atoms with van der Waals surface area (Å²) in [6.07, 6.45) is 3.38. The van der Waals surface area contributed by atoms with Gasteiger partial charge in [0, 0.05) is 17.8 Å². The lowest BCUT2D eigenvalue weighted by molar-refractivity contribution is 0.0698. The highest BCUT2D eigenvalue weighted by Gasteiger charge is 2.30. The Hall–Kier alpha value is -2.38. The van der Waals surface area contributed by atoms with Crippen LogP contribution in [0, 0.1) is 0 Å². The molecule has 6 nitrogen and oxygen atoms in total. The quantitative estimate of drug-likeness (QED) is 0.722. The maximum absolute atomic E-state index is 12.6. The van der Waals surface area contributed by atoms with Crippen molar-refractivity contribution in [2.75, 3.05) is 5.32 Å². The first-order valence-electron chi connectivity index (χ1n) is 8.63. The fraction of sp³-hybridized carbons (Fsp3) is 0.316. The lowest BCUT2D eigenvalue weighted by Gasteiger charge is -2.33. The van der Waals surface area contributed by atoms with Crippen LogP contribution in [-0.2, 0) is 10.0 Å². The van der Waals surface area contributed by atoms with Gasteiger partial charge in [-0.15, -0.1) is 0 Å². The molecule has 0 saturated heterocycles. The van der Waals surface area contributed by atoms with Gasteiger partial charge in [0.05, 0.1) is 10.5 Å². The summed E-state index contributed by atoms with van der Waals surface area (Å²) in [7, 11) is -3.62. The first-order valence-corrected chi connectivity index (χ1v) is 10.1. The van der Waals surface area contributed by atoms with Crippen molar-refractivity contribution in [3.63, 3.8) is 0 Å². The molecule has 0 spiro atoms. The molecule has 1 fully saturated rings. The Balaban J connectivity index is 1.80. The van der Waals surface area contributed by atoms with Crippen LogP contribution in [0.4, 0.5) is 5.69 Å². The average Bonchev–Trinajstić information content (AvgIpc) is 2.64. The third kappa shape index (κ3) is 4.23. The molecule has 3 rings (SSSR count). The number of para-hydroxylation sites is 1. The Morgan fingerprint density at radius 3 is 2.23 bits per heavy atom. The molecule has 7 heteroatoms. The van der Waals surface area contributed by atoms with Crippen molar-refractivity contribution in [3.8, 4) is 0 Å². The highest BCUT2D eigenvalue weighted by Crippen LogP contribution is 2.25. The first kappa shape index (κ1) is 18.4. The van der Waals surface area contributed by atoms with Crippen molar-refractivity contribution in [1.29, 1.82) is 0 Å². The van der Waals surface area contributed by atoms with Crippen LogP contribution >= 0.6 is 0 Å². The first-order chi connectivity index (χ1) is 12.5. The number of aromatic carboxylic acids is 1. The minimum absolute atomic E-state index is 0.164. The van der Waals surface area contributed by atoms with Gasteiger partial charge in [-0.2, -0.15) is 0 Å². The number of hydrogen-bond donors (Lipinski definition) is 3. The SMILES string of the molecule is O=C(O)c1ccccc1NC1CCCCC1NS(=O)(=O)c1ccccc1. The largest absolute Gasteiger partial charge is 0.478 e. The number of sulfonamides is 1. The maximum atomic E-state index is 12.6. The number of carboxylic acids is 1. The van der Waals surface area contributed by atoms with Gasteiger partial charge < -0.3 is 10.4 Å². The number of benzene rings is 2. The topological polar surface area (TPSA) is 95.5 Å². The predicted molar refractivity (Wildman–Crippen MR) is 99.8 cm³/mol. The zero-order valence-corrected chi connectivity index (χ0v) is 15.1. The van der Waals surface area contributed by atoms with Crippen molar-refractivity contribution in [1.82, 2.24) is 4.72 Å². The van der Waals surface area contributed by atoms with E-state index in [0.717, 1.165) is 19.3 Å². The van der Waals surface area contributed by atoms with Gasteiger partial charge in [0.1, 0.15) is 0 Å². The zero-order chi connectivity index (χ0) is 18.6. The van der Waals surface area contributed by atoms with E-state index in [4.69, 9.17) is 0 Å². The number of carboxylic acid groups (broad SMARTS) is 1. The molecule has 26 heavy (non-hydrogen) atoms. The molecule has 0 bridgehead atoms. The van der Waals surface area contributed by atoms with E-state index in [1.807, 2.05) is 0 Å². The predicted octanol–water partition coefficient (Wildman–Crippen LogP) is 3.09. The molecule has 2 aromatic carbocycles. The van der Waals surface area contributed by atoms with Crippen molar-refractivity contribution < 1.29 is 18.3 Å². The van der Waals surface area contributed by atoms with E-state index >= 15 is 0 Å². The van der Waals surface area contributed by atoms with Crippen LogP contribution < -0.4 is 10.0 Å². The summed E-state index contributed by atoms with van der Waals surface area (Å²) < 4.78 is 28.1. The van der Waals surface area contributed by atoms with E-state index in [2.05, 4.69) is 10.0 Å². The third-order valence-corrected chi connectivity index (χ3v) is 6.13. The van der Waals surface area contributed by atoms with Crippen LogP contribution in [-0.4, -0.2) is 31.6 Å². The summed E-state index contributed by atoms with van der Waals surface area (Å²) in [5.41, 5.74) is 0.693. The molecule has 1 aliphatic carbocycles. The van der Waals surface area contributed by atoms with Gasteiger partial charge in [0.15, 0.2) is 0 Å². The molecule has 0 aromatic heterocycles. The van der Waals surface area contributed by atoms with Gasteiger partial charge in [-0.05, 0) is 37.1 Å². The van der Waals surface area contributed by atoms with Gasteiger partial charge >= 0.3 is 5.97 Å². The number of nitrogens with one attached hydrogen (secondary N) is 2. The average molecular weight is 374 g/mol.